The van der Waals surface area contributed by atoms with Gasteiger partial charge in [0.15, 0.2) is 5.88 Å². The average Bonchev–Trinajstić information content (AvgIpc) is 2.56. The minimum atomic E-state index is -0.452. The van der Waals surface area contributed by atoms with Crippen LogP contribution in [0.5, 0.6) is 5.88 Å². The number of nitrogens with one attached hydrogen (secondary N) is 1. The first kappa shape index (κ1) is 14.2. The molecule has 3 rings (SSSR count). The molecule has 2 atom stereocenters. The molecular weight excluding hydrogens is 268 g/mol. The van der Waals surface area contributed by atoms with E-state index < -0.39 is 5.56 Å². The normalized spacial score (nSPS) is 30.4. The summed E-state index contributed by atoms with van der Waals surface area (Å²) in [5, 5.41) is 9.48. The molecule has 2 unspecified atom stereocenters. The molecule has 2 fully saturated rings. The molecule has 2 heterocycles. The number of hydrogen-bond donors (Lipinski definition) is 2. The minimum Gasteiger partial charge on any atom is -0.494 e. The highest BCUT2D eigenvalue weighted by Crippen LogP contribution is 2.52. The molecule has 1 saturated carbocycles. The van der Waals surface area contributed by atoms with Gasteiger partial charge in [0, 0.05) is 24.7 Å². The van der Waals surface area contributed by atoms with Gasteiger partial charge in [0.2, 0.25) is 0 Å². The van der Waals surface area contributed by atoms with Crippen LogP contribution in [0.4, 0.5) is 0 Å². The average molecular weight is 290 g/mol. The van der Waals surface area contributed by atoms with E-state index >= 15 is 0 Å². The van der Waals surface area contributed by atoms with Gasteiger partial charge in [-0.2, -0.15) is 0 Å². The van der Waals surface area contributed by atoms with Crippen LogP contribution < -0.4 is 5.56 Å². The number of hydrogen-bond acceptors (Lipinski definition) is 3. The lowest BCUT2D eigenvalue weighted by Gasteiger charge is -2.39. The monoisotopic (exact) mass is 290 g/mol. The standard InChI is InChI=1S/C16H22N2O3/c1-15(2)6-11-7-16(3,8-15)9-18(11)14(21)10-4-12(19)17-13(20)5-10/h4-5,11H,6-9H2,1-3H3,(H2,17,19,20). The van der Waals surface area contributed by atoms with Crippen molar-refractivity contribution in [1.82, 2.24) is 9.88 Å². The van der Waals surface area contributed by atoms with E-state index in [1.54, 1.807) is 0 Å². The predicted molar refractivity (Wildman–Crippen MR) is 79.3 cm³/mol. The number of aromatic hydroxyl groups is 1. The van der Waals surface area contributed by atoms with Crippen LogP contribution in [0, 0.1) is 10.8 Å². The van der Waals surface area contributed by atoms with Crippen molar-refractivity contribution >= 4 is 5.91 Å². The second-order valence-corrected chi connectivity index (χ2v) is 7.77. The molecule has 1 aliphatic heterocycles. The van der Waals surface area contributed by atoms with Gasteiger partial charge in [-0.3, -0.25) is 14.6 Å². The number of pyridine rings is 1. The van der Waals surface area contributed by atoms with E-state index in [1.807, 2.05) is 4.90 Å². The Hall–Kier alpha value is -1.78. The maximum atomic E-state index is 12.7. The Labute approximate surface area is 124 Å². The molecular formula is C16H22N2O3. The van der Waals surface area contributed by atoms with E-state index in [2.05, 4.69) is 25.8 Å². The number of rotatable bonds is 1. The third-order valence-corrected chi connectivity index (χ3v) is 4.75. The van der Waals surface area contributed by atoms with Crippen molar-refractivity contribution in [3.63, 3.8) is 0 Å². The summed E-state index contributed by atoms with van der Waals surface area (Å²) in [5.74, 6) is -0.414. The van der Waals surface area contributed by atoms with E-state index in [0.29, 0.717) is 0 Å². The van der Waals surface area contributed by atoms with E-state index in [9.17, 15) is 14.7 Å². The third kappa shape index (κ3) is 2.57. The molecule has 2 bridgehead atoms. The fraction of sp³-hybridized carbons (Fsp3) is 0.625. The Morgan fingerprint density at radius 2 is 2.05 bits per heavy atom. The van der Waals surface area contributed by atoms with Crippen molar-refractivity contribution < 1.29 is 9.90 Å². The Kier molecular flexibility index (Phi) is 2.94. The minimum absolute atomic E-state index is 0.150. The summed E-state index contributed by atoms with van der Waals surface area (Å²) in [4.78, 5) is 28.3. The van der Waals surface area contributed by atoms with E-state index in [-0.39, 0.29) is 34.2 Å². The first-order valence-electron chi connectivity index (χ1n) is 7.42. The van der Waals surface area contributed by atoms with Crippen LogP contribution in [0.25, 0.3) is 0 Å². The summed E-state index contributed by atoms with van der Waals surface area (Å²) in [7, 11) is 0. The molecule has 1 aromatic heterocycles. The number of aromatic amines is 1. The van der Waals surface area contributed by atoms with Crippen LogP contribution in [0.15, 0.2) is 16.9 Å². The number of likely N-dealkylation sites (tertiary alicyclic amines) is 1. The molecule has 0 spiro atoms. The quantitative estimate of drug-likeness (QED) is 0.832. The number of nitrogens with zero attached hydrogens (tertiary/aromatic N) is 1. The summed E-state index contributed by atoms with van der Waals surface area (Å²) >= 11 is 0. The van der Waals surface area contributed by atoms with Crippen molar-refractivity contribution in [3.05, 3.63) is 28.0 Å². The van der Waals surface area contributed by atoms with Gasteiger partial charge in [-0.05, 0) is 30.1 Å². The van der Waals surface area contributed by atoms with Gasteiger partial charge >= 0.3 is 0 Å². The maximum absolute atomic E-state index is 12.7. The number of aromatic nitrogens is 1. The Morgan fingerprint density at radius 1 is 1.33 bits per heavy atom. The van der Waals surface area contributed by atoms with Crippen LogP contribution in [0.2, 0.25) is 0 Å². The topological polar surface area (TPSA) is 73.4 Å². The first-order valence-corrected chi connectivity index (χ1v) is 7.42. The number of amides is 1. The highest BCUT2D eigenvalue weighted by molar-refractivity contribution is 5.94. The van der Waals surface area contributed by atoms with Gasteiger partial charge in [-0.1, -0.05) is 20.8 Å². The van der Waals surface area contributed by atoms with Crippen LogP contribution in [0.3, 0.4) is 0 Å². The summed E-state index contributed by atoms with van der Waals surface area (Å²) in [5.41, 5.74) is 0.214. The SMILES string of the molecule is CC1(C)CC2CC(C)(CN2C(=O)c2cc(O)[nH]c(=O)c2)C1. The van der Waals surface area contributed by atoms with Gasteiger partial charge in [-0.25, -0.2) is 0 Å². The molecule has 1 saturated heterocycles. The summed E-state index contributed by atoms with van der Waals surface area (Å²) < 4.78 is 0. The van der Waals surface area contributed by atoms with Crippen molar-refractivity contribution in [2.24, 2.45) is 10.8 Å². The number of carbonyl (C=O) groups excluding carboxylic acids is 1. The Bertz CT molecular complexity index is 649. The fourth-order valence-corrected chi connectivity index (χ4v) is 4.52. The molecule has 5 heteroatoms. The van der Waals surface area contributed by atoms with Gasteiger partial charge in [-0.15, -0.1) is 0 Å². The molecule has 1 aliphatic carbocycles. The van der Waals surface area contributed by atoms with E-state index in [0.717, 1.165) is 25.8 Å². The van der Waals surface area contributed by atoms with Crippen molar-refractivity contribution in [2.75, 3.05) is 6.54 Å². The molecule has 5 nitrogen and oxygen atoms in total. The number of H-pyrrole nitrogens is 1. The lowest BCUT2D eigenvalue weighted by atomic mass is 9.65. The number of carbonyl (C=O) groups is 1. The molecule has 0 radical (unpaired) electrons. The molecule has 2 aliphatic rings. The highest BCUT2D eigenvalue weighted by atomic mass is 16.3. The van der Waals surface area contributed by atoms with Crippen LogP contribution in [0.1, 0.15) is 50.4 Å². The van der Waals surface area contributed by atoms with Crippen molar-refractivity contribution in [3.8, 4) is 5.88 Å². The van der Waals surface area contributed by atoms with Gasteiger partial charge in [0.25, 0.3) is 11.5 Å². The lowest BCUT2D eigenvalue weighted by molar-refractivity contribution is 0.0707. The first-order chi connectivity index (χ1) is 9.67. The molecule has 21 heavy (non-hydrogen) atoms. The smallest absolute Gasteiger partial charge is 0.254 e. The molecule has 0 aromatic carbocycles. The second-order valence-electron chi connectivity index (χ2n) is 7.77. The Balaban J connectivity index is 1.91. The molecule has 1 aromatic rings. The largest absolute Gasteiger partial charge is 0.494 e. The van der Waals surface area contributed by atoms with Gasteiger partial charge < -0.3 is 10.0 Å². The fourth-order valence-electron chi connectivity index (χ4n) is 4.52. The Morgan fingerprint density at radius 3 is 2.71 bits per heavy atom. The summed E-state index contributed by atoms with van der Waals surface area (Å²) in [6, 6.07) is 2.82. The van der Waals surface area contributed by atoms with E-state index in [4.69, 9.17) is 0 Å². The zero-order valence-electron chi connectivity index (χ0n) is 12.8. The van der Waals surface area contributed by atoms with Gasteiger partial charge in [0.05, 0.1) is 5.56 Å². The maximum Gasteiger partial charge on any atom is 0.254 e. The molecule has 1 amide bonds. The van der Waals surface area contributed by atoms with Gasteiger partial charge in [0.1, 0.15) is 0 Å². The molecule has 114 valence electrons. The third-order valence-electron chi connectivity index (χ3n) is 4.75. The van der Waals surface area contributed by atoms with Crippen LogP contribution >= 0.6 is 0 Å². The highest BCUT2D eigenvalue weighted by Gasteiger charge is 2.51. The molecule has 2 N–H and O–H groups in total. The van der Waals surface area contributed by atoms with Crippen LogP contribution in [-0.4, -0.2) is 33.5 Å². The second kappa shape index (κ2) is 4.36. The predicted octanol–water partition coefficient (Wildman–Crippen LogP) is 2.12. The zero-order valence-corrected chi connectivity index (χ0v) is 12.8. The van der Waals surface area contributed by atoms with Crippen LogP contribution in [-0.2, 0) is 0 Å². The number of fused-ring (bicyclic) bond motifs is 2. The summed E-state index contributed by atoms with van der Waals surface area (Å²) in [6.07, 6.45) is 3.13. The lowest BCUT2D eigenvalue weighted by Crippen LogP contribution is -2.38. The zero-order chi connectivity index (χ0) is 15.4. The van der Waals surface area contributed by atoms with Crippen molar-refractivity contribution in [2.45, 2.75) is 46.1 Å². The summed E-state index contributed by atoms with van der Waals surface area (Å²) in [6.45, 7) is 7.48. The van der Waals surface area contributed by atoms with Crippen molar-refractivity contribution in [1.29, 1.82) is 0 Å². The van der Waals surface area contributed by atoms with E-state index in [1.165, 1.54) is 12.1 Å².